The highest BCUT2D eigenvalue weighted by molar-refractivity contribution is 5.92. The van der Waals surface area contributed by atoms with Crippen LogP contribution in [0, 0.1) is 0 Å². The molecule has 1 aliphatic rings. The summed E-state index contributed by atoms with van der Waals surface area (Å²) in [5.74, 6) is -0.138. The molecule has 0 atom stereocenters. The lowest BCUT2D eigenvalue weighted by Gasteiger charge is -2.30. The Bertz CT molecular complexity index is 557. The van der Waals surface area contributed by atoms with E-state index >= 15 is 0 Å². The second-order valence-corrected chi connectivity index (χ2v) is 6.35. The van der Waals surface area contributed by atoms with E-state index in [9.17, 15) is 9.59 Å². The molecule has 2 rings (SSSR count). The van der Waals surface area contributed by atoms with E-state index in [1.54, 1.807) is 29.7 Å². The standard InChI is InChI=1S/C14H22N4O3/c1-14(2,3)21-13(20)17-6-7-18-10(9-17)8-11(15-18)12(19)16(4)5/h8H,6-7,9H2,1-5H3. The van der Waals surface area contributed by atoms with Crippen molar-refractivity contribution in [1.29, 1.82) is 0 Å². The molecule has 0 bridgehead atoms. The van der Waals surface area contributed by atoms with E-state index < -0.39 is 5.60 Å². The van der Waals surface area contributed by atoms with Crippen molar-refractivity contribution in [3.05, 3.63) is 17.5 Å². The first-order valence-corrected chi connectivity index (χ1v) is 6.93. The molecule has 0 unspecified atom stereocenters. The lowest BCUT2D eigenvalue weighted by Crippen LogP contribution is -2.41. The number of carbonyl (C=O) groups excluding carboxylic acids is 2. The Morgan fingerprint density at radius 3 is 2.52 bits per heavy atom. The van der Waals surface area contributed by atoms with Crippen LogP contribution in [0.5, 0.6) is 0 Å². The number of fused-ring (bicyclic) bond motifs is 1. The van der Waals surface area contributed by atoms with Gasteiger partial charge in [-0.2, -0.15) is 5.10 Å². The van der Waals surface area contributed by atoms with E-state index in [1.807, 2.05) is 20.8 Å². The molecule has 0 saturated heterocycles. The molecule has 0 N–H and O–H groups in total. The van der Waals surface area contributed by atoms with Gasteiger partial charge in [0.2, 0.25) is 0 Å². The quantitative estimate of drug-likeness (QED) is 0.784. The summed E-state index contributed by atoms with van der Waals surface area (Å²) in [6, 6.07) is 1.73. The number of rotatable bonds is 1. The summed E-state index contributed by atoms with van der Waals surface area (Å²) in [6.07, 6.45) is -0.338. The topological polar surface area (TPSA) is 67.7 Å². The minimum Gasteiger partial charge on any atom is -0.444 e. The van der Waals surface area contributed by atoms with Crippen LogP contribution < -0.4 is 0 Å². The predicted octanol–water partition coefficient (Wildman–Crippen LogP) is 1.34. The van der Waals surface area contributed by atoms with Gasteiger partial charge in [-0.3, -0.25) is 9.48 Å². The van der Waals surface area contributed by atoms with E-state index in [4.69, 9.17) is 4.74 Å². The van der Waals surface area contributed by atoms with Gasteiger partial charge >= 0.3 is 6.09 Å². The third-order valence-electron chi connectivity index (χ3n) is 3.07. The Hall–Kier alpha value is -2.05. The first-order chi connectivity index (χ1) is 9.67. The SMILES string of the molecule is CN(C)C(=O)c1cc2n(n1)CCN(C(=O)OC(C)(C)C)C2. The van der Waals surface area contributed by atoms with Crippen LogP contribution in [0.1, 0.15) is 37.0 Å². The van der Waals surface area contributed by atoms with Crippen LogP contribution in [0.15, 0.2) is 6.07 Å². The fraction of sp³-hybridized carbons (Fsp3) is 0.643. The van der Waals surface area contributed by atoms with Gasteiger partial charge < -0.3 is 14.5 Å². The van der Waals surface area contributed by atoms with Crippen molar-refractivity contribution in [1.82, 2.24) is 19.6 Å². The third-order valence-corrected chi connectivity index (χ3v) is 3.07. The summed E-state index contributed by atoms with van der Waals surface area (Å²) in [7, 11) is 3.38. The molecule has 21 heavy (non-hydrogen) atoms. The molecule has 1 aromatic rings. The van der Waals surface area contributed by atoms with Crippen molar-refractivity contribution in [2.75, 3.05) is 20.6 Å². The summed E-state index contributed by atoms with van der Waals surface area (Å²) in [6.45, 7) is 7.02. The van der Waals surface area contributed by atoms with Gasteiger partial charge in [0.1, 0.15) is 5.60 Å². The van der Waals surface area contributed by atoms with Crippen LogP contribution in [-0.2, 0) is 17.8 Å². The Labute approximate surface area is 124 Å². The molecule has 2 amide bonds. The summed E-state index contributed by atoms with van der Waals surface area (Å²) < 4.78 is 7.14. The zero-order valence-electron chi connectivity index (χ0n) is 13.2. The monoisotopic (exact) mass is 294 g/mol. The minimum absolute atomic E-state index is 0.138. The van der Waals surface area contributed by atoms with Crippen molar-refractivity contribution in [3.63, 3.8) is 0 Å². The van der Waals surface area contributed by atoms with Crippen molar-refractivity contribution >= 4 is 12.0 Å². The Balaban J connectivity index is 2.10. The van der Waals surface area contributed by atoms with Crippen LogP contribution in [0.2, 0.25) is 0 Å². The minimum atomic E-state index is -0.513. The summed E-state index contributed by atoms with van der Waals surface area (Å²) >= 11 is 0. The molecule has 0 radical (unpaired) electrons. The Morgan fingerprint density at radius 2 is 1.95 bits per heavy atom. The molecule has 0 aromatic carbocycles. The van der Waals surface area contributed by atoms with Crippen molar-refractivity contribution in [2.24, 2.45) is 0 Å². The summed E-state index contributed by atoms with van der Waals surface area (Å²) in [5, 5.41) is 4.29. The highest BCUT2D eigenvalue weighted by atomic mass is 16.6. The van der Waals surface area contributed by atoms with E-state index in [-0.39, 0.29) is 12.0 Å². The molecule has 7 heteroatoms. The molecule has 0 aliphatic carbocycles. The van der Waals surface area contributed by atoms with Crippen LogP contribution >= 0.6 is 0 Å². The Morgan fingerprint density at radius 1 is 1.29 bits per heavy atom. The van der Waals surface area contributed by atoms with Gasteiger partial charge in [0.25, 0.3) is 5.91 Å². The van der Waals surface area contributed by atoms with Crippen molar-refractivity contribution in [3.8, 4) is 0 Å². The highest BCUT2D eigenvalue weighted by Gasteiger charge is 2.27. The van der Waals surface area contributed by atoms with E-state index in [1.165, 1.54) is 4.90 Å². The number of hydrogen-bond donors (Lipinski definition) is 0. The van der Waals surface area contributed by atoms with Crippen LogP contribution in [0.4, 0.5) is 4.79 Å². The van der Waals surface area contributed by atoms with Gasteiger partial charge in [0, 0.05) is 20.6 Å². The Kier molecular flexibility index (Phi) is 3.93. The molecule has 2 heterocycles. The fourth-order valence-corrected chi connectivity index (χ4v) is 2.08. The maximum absolute atomic E-state index is 12.1. The zero-order chi connectivity index (χ0) is 15.8. The number of hydrogen-bond acceptors (Lipinski definition) is 4. The maximum atomic E-state index is 12.1. The molecular formula is C14H22N4O3. The largest absolute Gasteiger partial charge is 0.444 e. The predicted molar refractivity (Wildman–Crippen MR) is 76.9 cm³/mol. The number of aromatic nitrogens is 2. The normalized spacial score (nSPS) is 14.6. The number of ether oxygens (including phenoxy) is 1. The molecular weight excluding hydrogens is 272 g/mol. The fourth-order valence-electron chi connectivity index (χ4n) is 2.08. The second kappa shape index (κ2) is 5.38. The summed E-state index contributed by atoms with van der Waals surface area (Å²) in [4.78, 5) is 27.1. The van der Waals surface area contributed by atoms with Gasteiger partial charge in [-0.25, -0.2) is 4.79 Å². The average molecular weight is 294 g/mol. The van der Waals surface area contributed by atoms with Gasteiger partial charge in [-0.05, 0) is 26.8 Å². The molecule has 0 spiro atoms. The van der Waals surface area contributed by atoms with Crippen LogP contribution in [0.3, 0.4) is 0 Å². The first kappa shape index (κ1) is 15.3. The number of amides is 2. The van der Waals surface area contributed by atoms with Gasteiger partial charge in [0.05, 0.1) is 18.8 Å². The molecule has 1 aromatic heterocycles. The van der Waals surface area contributed by atoms with Crippen LogP contribution in [0.25, 0.3) is 0 Å². The highest BCUT2D eigenvalue weighted by Crippen LogP contribution is 2.17. The van der Waals surface area contributed by atoms with Crippen molar-refractivity contribution in [2.45, 2.75) is 39.5 Å². The lowest BCUT2D eigenvalue weighted by molar-refractivity contribution is 0.0194. The second-order valence-electron chi connectivity index (χ2n) is 6.35. The lowest BCUT2D eigenvalue weighted by atomic mass is 10.2. The van der Waals surface area contributed by atoms with Gasteiger partial charge in [0.15, 0.2) is 5.69 Å². The molecule has 116 valence electrons. The van der Waals surface area contributed by atoms with E-state index in [2.05, 4.69) is 5.10 Å². The zero-order valence-corrected chi connectivity index (χ0v) is 13.2. The van der Waals surface area contributed by atoms with Gasteiger partial charge in [-0.15, -0.1) is 0 Å². The number of carbonyl (C=O) groups is 2. The molecule has 0 fully saturated rings. The smallest absolute Gasteiger partial charge is 0.410 e. The third kappa shape index (κ3) is 3.53. The van der Waals surface area contributed by atoms with Crippen LogP contribution in [-0.4, -0.2) is 57.8 Å². The molecule has 1 aliphatic heterocycles. The van der Waals surface area contributed by atoms with E-state index in [0.717, 1.165) is 5.69 Å². The average Bonchev–Trinajstić information content (AvgIpc) is 2.77. The molecule has 0 saturated carbocycles. The molecule has 7 nitrogen and oxygen atoms in total. The van der Waals surface area contributed by atoms with Crippen molar-refractivity contribution < 1.29 is 14.3 Å². The first-order valence-electron chi connectivity index (χ1n) is 6.93. The van der Waals surface area contributed by atoms with Gasteiger partial charge in [-0.1, -0.05) is 0 Å². The summed E-state index contributed by atoms with van der Waals surface area (Å²) in [5.41, 5.74) is 0.735. The number of nitrogens with zero attached hydrogens (tertiary/aromatic N) is 4. The maximum Gasteiger partial charge on any atom is 0.410 e. The van der Waals surface area contributed by atoms with E-state index in [0.29, 0.717) is 25.3 Å².